The lowest BCUT2D eigenvalue weighted by Crippen LogP contribution is -2.13. The summed E-state index contributed by atoms with van der Waals surface area (Å²) in [5.74, 6) is 1.29. The number of rotatable bonds is 1. The van der Waals surface area contributed by atoms with Crippen molar-refractivity contribution in [3.8, 4) is 0 Å². The van der Waals surface area contributed by atoms with Crippen molar-refractivity contribution >= 4 is 17.2 Å². The Hall–Kier alpha value is -0.610. The molecular formula is C8H13N3S. The molecule has 1 aromatic rings. The van der Waals surface area contributed by atoms with E-state index in [4.69, 9.17) is 5.73 Å². The zero-order chi connectivity index (χ0) is 8.55. The molecule has 12 heavy (non-hydrogen) atoms. The maximum absolute atomic E-state index is 5.57. The number of hydrogen-bond donors (Lipinski definition) is 1. The summed E-state index contributed by atoms with van der Waals surface area (Å²) < 4.78 is 0. The molecule has 3 nitrogen and oxygen atoms in total. The third-order valence-electron chi connectivity index (χ3n) is 2.28. The second kappa shape index (κ2) is 3.03. The van der Waals surface area contributed by atoms with E-state index in [0.717, 1.165) is 6.54 Å². The smallest absolute Gasteiger partial charge is 0.134 e. The summed E-state index contributed by atoms with van der Waals surface area (Å²) >= 11 is 1.69. The fraction of sp³-hybridized carbons (Fsp3) is 0.625. The van der Waals surface area contributed by atoms with Gasteiger partial charge in [-0.2, -0.15) is 0 Å². The number of nitrogens with zero attached hydrogens (tertiary/aromatic N) is 2. The second-order valence-electron chi connectivity index (χ2n) is 3.36. The first kappa shape index (κ1) is 8.01. The van der Waals surface area contributed by atoms with E-state index < -0.39 is 0 Å². The first-order valence-corrected chi connectivity index (χ1v) is 5.03. The highest BCUT2D eigenvalue weighted by atomic mass is 32.1. The van der Waals surface area contributed by atoms with Crippen LogP contribution in [0, 0.1) is 0 Å². The zero-order valence-electron chi connectivity index (χ0n) is 7.16. The SMILES string of the molecule is CN1CCC(c2nc(N)cs2)C1. The molecule has 1 aliphatic rings. The Bertz CT molecular complexity index is 271. The summed E-state index contributed by atoms with van der Waals surface area (Å²) in [5.41, 5.74) is 5.57. The lowest BCUT2D eigenvalue weighted by molar-refractivity contribution is 0.411. The predicted octanol–water partition coefficient (Wildman–Crippen LogP) is 1.14. The summed E-state index contributed by atoms with van der Waals surface area (Å²) in [6.07, 6.45) is 1.23. The summed E-state index contributed by atoms with van der Waals surface area (Å²) in [7, 11) is 2.15. The number of nitrogens with two attached hydrogens (primary N) is 1. The number of likely N-dealkylation sites (tertiary alicyclic amines) is 1. The molecule has 1 aromatic heterocycles. The summed E-state index contributed by atoms with van der Waals surface area (Å²) in [4.78, 5) is 6.63. The Kier molecular flexibility index (Phi) is 2.02. The van der Waals surface area contributed by atoms with E-state index in [1.165, 1.54) is 18.0 Å². The minimum Gasteiger partial charge on any atom is -0.383 e. The Morgan fingerprint density at radius 3 is 3.08 bits per heavy atom. The average Bonchev–Trinajstić information content (AvgIpc) is 2.58. The monoisotopic (exact) mass is 183 g/mol. The summed E-state index contributed by atoms with van der Waals surface area (Å²) in [6.45, 7) is 2.32. The number of likely N-dealkylation sites (N-methyl/N-ethyl adjacent to an activating group) is 1. The van der Waals surface area contributed by atoms with Crippen LogP contribution in [-0.4, -0.2) is 30.0 Å². The average molecular weight is 183 g/mol. The van der Waals surface area contributed by atoms with Crippen LogP contribution < -0.4 is 5.73 Å². The first-order valence-electron chi connectivity index (χ1n) is 4.15. The third kappa shape index (κ3) is 1.44. The van der Waals surface area contributed by atoms with Crippen LogP contribution in [0.4, 0.5) is 5.82 Å². The molecule has 0 amide bonds. The molecule has 0 bridgehead atoms. The minimum absolute atomic E-state index is 0.622. The lowest BCUT2D eigenvalue weighted by atomic mass is 10.1. The van der Waals surface area contributed by atoms with Crippen molar-refractivity contribution in [1.82, 2.24) is 9.88 Å². The summed E-state index contributed by atoms with van der Waals surface area (Å²) in [6, 6.07) is 0. The Morgan fingerprint density at radius 2 is 2.58 bits per heavy atom. The molecule has 1 fully saturated rings. The van der Waals surface area contributed by atoms with Crippen molar-refractivity contribution in [2.75, 3.05) is 25.9 Å². The Labute approximate surface area is 76.2 Å². The molecular weight excluding hydrogens is 170 g/mol. The largest absolute Gasteiger partial charge is 0.383 e. The van der Waals surface area contributed by atoms with Crippen molar-refractivity contribution < 1.29 is 0 Å². The second-order valence-corrected chi connectivity index (χ2v) is 4.25. The van der Waals surface area contributed by atoms with Gasteiger partial charge in [-0.25, -0.2) is 4.98 Å². The van der Waals surface area contributed by atoms with E-state index in [1.807, 2.05) is 5.38 Å². The predicted molar refractivity (Wildman–Crippen MR) is 51.4 cm³/mol. The van der Waals surface area contributed by atoms with Gasteiger partial charge in [0.05, 0.1) is 5.01 Å². The van der Waals surface area contributed by atoms with E-state index in [0.29, 0.717) is 11.7 Å². The number of aromatic nitrogens is 1. The number of anilines is 1. The van der Waals surface area contributed by atoms with Crippen LogP contribution in [-0.2, 0) is 0 Å². The molecule has 1 aliphatic heterocycles. The topological polar surface area (TPSA) is 42.2 Å². The van der Waals surface area contributed by atoms with Crippen LogP contribution in [0.15, 0.2) is 5.38 Å². The van der Waals surface area contributed by atoms with Gasteiger partial charge in [-0.15, -0.1) is 11.3 Å². The standard InChI is InChI=1S/C8H13N3S/c1-11-3-2-6(4-11)8-10-7(9)5-12-8/h5-6H,2-4,9H2,1H3. The highest BCUT2D eigenvalue weighted by molar-refractivity contribution is 7.10. The van der Waals surface area contributed by atoms with Gasteiger partial charge < -0.3 is 10.6 Å². The molecule has 0 spiro atoms. The fourth-order valence-corrected chi connectivity index (χ4v) is 2.46. The quantitative estimate of drug-likeness (QED) is 0.710. The molecule has 66 valence electrons. The van der Waals surface area contributed by atoms with Crippen molar-refractivity contribution in [1.29, 1.82) is 0 Å². The van der Waals surface area contributed by atoms with Gasteiger partial charge in [0.2, 0.25) is 0 Å². The first-order chi connectivity index (χ1) is 5.75. The molecule has 2 N–H and O–H groups in total. The maximum Gasteiger partial charge on any atom is 0.134 e. The number of thiazole rings is 1. The normalized spacial score (nSPS) is 24.9. The molecule has 4 heteroatoms. The van der Waals surface area contributed by atoms with Crippen LogP contribution in [0.1, 0.15) is 17.3 Å². The zero-order valence-corrected chi connectivity index (χ0v) is 7.97. The van der Waals surface area contributed by atoms with E-state index >= 15 is 0 Å². The van der Waals surface area contributed by atoms with Crippen molar-refractivity contribution in [2.45, 2.75) is 12.3 Å². The highest BCUT2D eigenvalue weighted by Gasteiger charge is 2.23. The van der Waals surface area contributed by atoms with Crippen LogP contribution >= 0.6 is 11.3 Å². The lowest BCUT2D eigenvalue weighted by Gasteiger charge is -2.06. The van der Waals surface area contributed by atoms with Crippen molar-refractivity contribution in [3.05, 3.63) is 10.4 Å². The minimum atomic E-state index is 0.622. The van der Waals surface area contributed by atoms with Crippen molar-refractivity contribution in [3.63, 3.8) is 0 Å². The van der Waals surface area contributed by atoms with Crippen LogP contribution in [0.2, 0.25) is 0 Å². The van der Waals surface area contributed by atoms with Gasteiger partial charge >= 0.3 is 0 Å². The molecule has 0 aromatic carbocycles. The Morgan fingerprint density at radius 1 is 1.75 bits per heavy atom. The van der Waals surface area contributed by atoms with Crippen LogP contribution in [0.25, 0.3) is 0 Å². The van der Waals surface area contributed by atoms with Gasteiger partial charge in [0, 0.05) is 17.8 Å². The molecule has 1 atom stereocenters. The van der Waals surface area contributed by atoms with Gasteiger partial charge in [0.25, 0.3) is 0 Å². The van der Waals surface area contributed by atoms with Gasteiger partial charge in [0.1, 0.15) is 5.82 Å². The van der Waals surface area contributed by atoms with Gasteiger partial charge in [0.15, 0.2) is 0 Å². The highest BCUT2D eigenvalue weighted by Crippen LogP contribution is 2.28. The number of nitrogen functional groups attached to an aromatic ring is 1. The van der Waals surface area contributed by atoms with E-state index in [-0.39, 0.29) is 0 Å². The van der Waals surface area contributed by atoms with Gasteiger partial charge in [-0.1, -0.05) is 0 Å². The molecule has 0 saturated carbocycles. The molecule has 1 unspecified atom stereocenters. The van der Waals surface area contributed by atoms with E-state index in [9.17, 15) is 0 Å². The molecule has 1 saturated heterocycles. The molecule has 0 radical (unpaired) electrons. The Balaban J connectivity index is 2.11. The maximum atomic E-state index is 5.57. The molecule has 0 aliphatic carbocycles. The number of hydrogen-bond acceptors (Lipinski definition) is 4. The molecule has 2 rings (SSSR count). The third-order valence-corrected chi connectivity index (χ3v) is 3.31. The summed E-state index contributed by atoms with van der Waals surface area (Å²) in [5, 5.41) is 3.13. The van der Waals surface area contributed by atoms with Crippen LogP contribution in [0.3, 0.4) is 0 Å². The van der Waals surface area contributed by atoms with Gasteiger partial charge in [-0.05, 0) is 20.0 Å². The van der Waals surface area contributed by atoms with Crippen LogP contribution in [0.5, 0.6) is 0 Å². The van der Waals surface area contributed by atoms with E-state index in [1.54, 1.807) is 11.3 Å². The molecule has 2 heterocycles. The fourth-order valence-electron chi connectivity index (χ4n) is 1.62. The van der Waals surface area contributed by atoms with E-state index in [2.05, 4.69) is 16.9 Å². The van der Waals surface area contributed by atoms with Gasteiger partial charge in [-0.3, -0.25) is 0 Å². The van der Waals surface area contributed by atoms with Crippen molar-refractivity contribution in [2.24, 2.45) is 0 Å².